The SMILES string of the molecule is COC(=O)C(Cc1ccccc1)N1C(=O)CCC1=O. The number of hydrogen-bond donors (Lipinski definition) is 0. The van der Waals surface area contributed by atoms with Crippen LogP contribution in [0, 0.1) is 0 Å². The molecule has 0 spiro atoms. The first kappa shape index (κ1) is 13.3. The van der Waals surface area contributed by atoms with E-state index in [1.807, 2.05) is 30.3 Å². The standard InChI is InChI=1S/C14H15NO4/c1-19-14(18)11(9-10-5-3-2-4-6-10)15-12(16)7-8-13(15)17/h2-6,11H,7-9H2,1H3. The Kier molecular flexibility index (Phi) is 3.94. The molecule has 0 N–H and O–H groups in total. The summed E-state index contributed by atoms with van der Waals surface area (Å²) in [5.41, 5.74) is 0.880. The van der Waals surface area contributed by atoms with Crippen LogP contribution in [-0.4, -0.2) is 35.8 Å². The number of imide groups is 1. The Balaban J connectivity index is 2.24. The predicted molar refractivity (Wildman–Crippen MR) is 67.0 cm³/mol. The summed E-state index contributed by atoms with van der Waals surface area (Å²) in [6, 6.07) is 8.38. The van der Waals surface area contributed by atoms with Crippen LogP contribution in [0.25, 0.3) is 0 Å². The fourth-order valence-corrected chi connectivity index (χ4v) is 2.19. The van der Waals surface area contributed by atoms with E-state index in [1.165, 1.54) is 7.11 Å². The number of ether oxygens (including phenoxy) is 1. The van der Waals surface area contributed by atoms with Gasteiger partial charge in [-0.05, 0) is 5.56 Å². The van der Waals surface area contributed by atoms with Crippen molar-refractivity contribution in [3.05, 3.63) is 35.9 Å². The van der Waals surface area contributed by atoms with Gasteiger partial charge in [-0.25, -0.2) is 4.79 Å². The summed E-state index contributed by atoms with van der Waals surface area (Å²) in [5, 5.41) is 0. The van der Waals surface area contributed by atoms with Gasteiger partial charge in [0.2, 0.25) is 11.8 Å². The van der Waals surface area contributed by atoms with E-state index in [9.17, 15) is 14.4 Å². The van der Waals surface area contributed by atoms with Crippen molar-refractivity contribution in [3.8, 4) is 0 Å². The molecule has 0 aliphatic carbocycles. The van der Waals surface area contributed by atoms with Gasteiger partial charge in [0.15, 0.2) is 0 Å². The zero-order valence-electron chi connectivity index (χ0n) is 10.7. The molecular formula is C14H15NO4. The number of carbonyl (C=O) groups is 3. The normalized spacial score (nSPS) is 16.6. The Morgan fingerprint density at radius 3 is 2.32 bits per heavy atom. The Labute approximate surface area is 111 Å². The van der Waals surface area contributed by atoms with Crippen LogP contribution >= 0.6 is 0 Å². The number of amides is 2. The average Bonchev–Trinajstić information content (AvgIpc) is 2.76. The molecule has 1 heterocycles. The highest BCUT2D eigenvalue weighted by molar-refractivity contribution is 6.05. The van der Waals surface area contributed by atoms with E-state index in [2.05, 4.69) is 0 Å². The number of hydrogen-bond acceptors (Lipinski definition) is 4. The van der Waals surface area contributed by atoms with E-state index < -0.39 is 12.0 Å². The maximum Gasteiger partial charge on any atom is 0.329 e. The number of methoxy groups -OCH3 is 1. The van der Waals surface area contributed by atoms with Crippen LogP contribution in [0.4, 0.5) is 0 Å². The van der Waals surface area contributed by atoms with Crippen LogP contribution in [-0.2, 0) is 25.5 Å². The van der Waals surface area contributed by atoms with Crippen LogP contribution in [0.3, 0.4) is 0 Å². The molecule has 5 heteroatoms. The van der Waals surface area contributed by atoms with Gasteiger partial charge in [-0.3, -0.25) is 14.5 Å². The van der Waals surface area contributed by atoms with Crippen molar-refractivity contribution in [2.45, 2.75) is 25.3 Å². The third-order valence-electron chi connectivity index (χ3n) is 3.15. The monoisotopic (exact) mass is 261 g/mol. The van der Waals surface area contributed by atoms with Crippen molar-refractivity contribution in [1.29, 1.82) is 0 Å². The molecule has 0 aromatic heterocycles. The molecule has 1 aromatic carbocycles. The zero-order chi connectivity index (χ0) is 13.8. The number of benzene rings is 1. The molecule has 1 aromatic rings. The highest BCUT2D eigenvalue weighted by Gasteiger charge is 2.39. The first-order chi connectivity index (χ1) is 9.13. The van der Waals surface area contributed by atoms with Crippen LogP contribution < -0.4 is 0 Å². The third-order valence-corrected chi connectivity index (χ3v) is 3.15. The van der Waals surface area contributed by atoms with Crippen LogP contribution in [0.5, 0.6) is 0 Å². The van der Waals surface area contributed by atoms with Crippen LogP contribution in [0.15, 0.2) is 30.3 Å². The van der Waals surface area contributed by atoms with Crippen molar-refractivity contribution < 1.29 is 19.1 Å². The summed E-state index contributed by atoms with van der Waals surface area (Å²) < 4.78 is 4.71. The number of esters is 1. The van der Waals surface area contributed by atoms with E-state index in [4.69, 9.17) is 4.74 Å². The maximum absolute atomic E-state index is 11.8. The topological polar surface area (TPSA) is 63.7 Å². The average molecular weight is 261 g/mol. The number of rotatable bonds is 4. The summed E-state index contributed by atoms with van der Waals surface area (Å²) in [7, 11) is 1.26. The second-order valence-electron chi connectivity index (χ2n) is 4.39. The molecule has 5 nitrogen and oxygen atoms in total. The molecule has 1 fully saturated rings. The summed E-state index contributed by atoms with van der Waals surface area (Å²) >= 11 is 0. The lowest BCUT2D eigenvalue weighted by Gasteiger charge is -2.23. The van der Waals surface area contributed by atoms with E-state index in [1.54, 1.807) is 0 Å². The maximum atomic E-state index is 11.8. The molecule has 1 atom stereocenters. The van der Waals surface area contributed by atoms with Gasteiger partial charge in [0.25, 0.3) is 0 Å². The lowest BCUT2D eigenvalue weighted by atomic mass is 10.0. The summed E-state index contributed by atoms with van der Waals surface area (Å²) in [6.07, 6.45) is 0.618. The lowest BCUT2D eigenvalue weighted by Crippen LogP contribution is -2.46. The predicted octanol–water partition coefficient (Wildman–Crippen LogP) is 0.920. The molecule has 19 heavy (non-hydrogen) atoms. The van der Waals surface area contributed by atoms with Crippen LogP contribution in [0.2, 0.25) is 0 Å². The first-order valence-corrected chi connectivity index (χ1v) is 6.10. The Morgan fingerprint density at radius 2 is 1.79 bits per heavy atom. The summed E-state index contributed by atoms with van der Waals surface area (Å²) in [6.45, 7) is 0. The van der Waals surface area contributed by atoms with Gasteiger partial charge in [0.05, 0.1) is 7.11 Å². The Morgan fingerprint density at radius 1 is 1.21 bits per heavy atom. The molecule has 0 bridgehead atoms. The van der Waals surface area contributed by atoms with Crippen molar-refractivity contribution in [2.24, 2.45) is 0 Å². The lowest BCUT2D eigenvalue weighted by molar-refractivity contribution is -0.156. The number of likely N-dealkylation sites (tertiary alicyclic amines) is 1. The van der Waals surface area contributed by atoms with Gasteiger partial charge in [-0.15, -0.1) is 0 Å². The van der Waals surface area contributed by atoms with E-state index in [0.717, 1.165) is 10.5 Å². The molecule has 1 aliphatic heterocycles. The molecule has 100 valence electrons. The zero-order valence-corrected chi connectivity index (χ0v) is 10.7. The smallest absolute Gasteiger partial charge is 0.329 e. The van der Waals surface area contributed by atoms with Crippen molar-refractivity contribution in [3.63, 3.8) is 0 Å². The van der Waals surface area contributed by atoms with E-state index >= 15 is 0 Å². The minimum atomic E-state index is -0.866. The van der Waals surface area contributed by atoms with Crippen molar-refractivity contribution in [1.82, 2.24) is 4.90 Å². The highest BCUT2D eigenvalue weighted by Crippen LogP contribution is 2.19. The third kappa shape index (κ3) is 2.81. The molecule has 1 unspecified atom stereocenters. The minimum Gasteiger partial charge on any atom is -0.467 e. The molecule has 2 rings (SSSR count). The Hall–Kier alpha value is -2.17. The van der Waals surface area contributed by atoms with Gasteiger partial charge in [-0.1, -0.05) is 30.3 Å². The fourth-order valence-electron chi connectivity index (χ4n) is 2.19. The fraction of sp³-hybridized carbons (Fsp3) is 0.357. The largest absolute Gasteiger partial charge is 0.467 e. The van der Waals surface area contributed by atoms with Crippen molar-refractivity contribution >= 4 is 17.8 Å². The van der Waals surface area contributed by atoms with Gasteiger partial charge in [0, 0.05) is 19.3 Å². The number of nitrogens with zero attached hydrogens (tertiary/aromatic N) is 1. The molecule has 2 amide bonds. The van der Waals surface area contributed by atoms with E-state index in [0.29, 0.717) is 0 Å². The van der Waals surface area contributed by atoms with Crippen LogP contribution in [0.1, 0.15) is 18.4 Å². The second-order valence-corrected chi connectivity index (χ2v) is 4.39. The molecular weight excluding hydrogens is 246 g/mol. The van der Waals surface area contributed by atoms with Gasteiger partial charge in [-0.2, -0.15) is 0 Å². The minimum absolute atomic E-state index is 0.168. The van der Waals surface area contributed by atoms with E-state index in [-0.39, 0.29) is 31.1 Å². The molecule has 0 saturated carbocycles. The van der Waals surface area contributed by atoms with Gasteiger partial charge < -0.3 is 4.74 Å². The molecule has 1 aliphatic rings. The van der Waals surface area contributed by atoms with Gasteiger partial charge >= 0.3 is 5.97 Å². The van der Waals surface area contributed by atoms with Crippen molar-refractivity contribution in [2.75, 3.05) is 7.11 Å². The first-order valence-electron chi connectivity index (χ1n) is 6.10. The van der Waals surface area contributed by atoms with Gasteiger partial charge in [0.1, 0.15) is 6.04 Å². The molecule has 1 saturated heterocycles. The quantitative estimate of drug-likeness (QED) is 0.597. The summed E-state index contributed by atoms with van der Waals surface area (Å²) in [4.78, 5) is 36.3. The molecule has 0 radical (unpaired) electrons. The Bertz CT molecular complexity index is 481. The second kappa shape index (κ2) is 5.65. The summed E-state index contributed by atoms with van der Waals surface area (Å²) in [5.74, 6) is -1.18. The number of carbonyl (C=O) groups excluding carboxylic acids is 3. The highest BCUT2D eigenvalue weighted by atomic mass is 16.5.